The van der Waals surface area contributed by atoms with Gasteiger partial charge in [0, 0.05) is 15.5 Å². The van der Waals surface area contributed by atoms with Crippen molar-refractivity contribution in [1.82, 2.24) is 5.32 Å². The second-order valence-corrected chi connectivity index (χ2v) is 6.28. The molecule has 0 spiro atoms. The van der Waals surface area contributed by atoms with Crippen molar-refractivity contribution in [2.45, 2.75) is 44.2 Å². The van der Waals surface area contributed by atoms with Gasteiger partial charge in [-0.15, -0.1) is 0 Å². The Labute approximate surface area is 126 Å². The highest BCUT2D eigenvalue weighted by molar-refractivity contribution is 9.10. The van der Waals surface area contributed by atoms with Crippen molar-refractivity contribution in [1.29, 1.82) is 0 Å². The van der Waals surface area contributed by atoms with Gasteiger partial charge in [0.1, 0.15) is 0 Å². The second kappa shape index (κ2) is 6.73. The van der Waals surface area contributed by atoms with Gasteiger partial charge < -0.3 is 10.4 Å². The van der Waals surface area contributed by atoms with E-state index in [1.807, 2.05) is 6.07 Å². The molecule has 1 aromatic rings. The monoisotopic (exact) mass is 345 g/mol. The lowest BCUT2D eigenvalue weighted by Crippen LogP contribution is -2.39. The van der Waals surface area contributed by atoms with Crippen LogP contribution in [0.2, 0.25) is 5.02 Å². The zero-order valence-electron chi connectivity index (χ0n) is 10.5. The molecule has 1 amide bonds. The lowest BCUT2D eigenvalue weighted by Gasteiger charge is -2.26. The Morgan fingerprint density at radius 2 is 2.05 bits per heavy atom. The number of carbonyl (C=O) groups excluding carboxylic acids is 1. The first-order valence-corrected chi connectivity index (χ1v) is 7.63. The van der Waals surface area contributed by atoms with E-state index in [1.54, 1.807) is 12.1 Å². The molecule has 1 saturated carbocycles. The molecule has 2 N–H and O–H groups in total. The molecule has 19 heavy (non-hydrogen) atoms. The number of hydrogen-bond acceptors (Lipinski definition) is 2. The van der Waals surface area contributed by atoms with Crippen LogP contribution in [0.25, 0.3) is 0 Å². The lowest BCUT2D eigenvalue weighted by atomic mass is 9.93. The summed E-state index contributed by atoms with van der Waals surface area (Å²) in [5.74, 6) is 0.0180. The fourth-order valence-electron chi connectivity index (χ4n) is 2.34. The molecule has 0 saturated heterocycles. The van der Waals surface area contributed by atoms with Crippen LogP contribution in [0.1, 0.15) is 31.2 Å². The fourth-order valence-corrected chi connectivity index (χ4v) is 3.16. The minimum Gasteiger partial charge on any atom is -0.393 e. The molecular weight excluding hydrogens is 330 g/mol. The molecule has 1 aromatic carbocycles. The Morgan fingerprint density at radius 1 is 1.37 bits per heavy atom. The van der Waals surface area contributed by atoms with Crippen molar-refractivity contribution in [2.24, 2.45) is 0 Å². The van der Waals surface area contributed by atoms with Gasteiger partial charge in [-0.2, -0.15) is 0 Å². The topological polar surface area (TPSA) is 49.3 Å². The van der Waals surface area contributed by atoms with Gasteiger partial charge >= 0.3 is 0 Å². The smallest absolute Gasteiger partial charge is 0.224 e. The maximum atomic E-state index is 12.0. The van der Waals surface area contributed by atoms with Gasteiger partial charge in [-0.05, 0) is 43.4 Å². The van der Waals surface area contributed by atoms with Crippen molar-refractivity contribution in [2.75, 3.05) is 0 Å². The number of amides is 1. The summed E-state index contributed by atoms with van der Waals surface area (Å²) >= 11 is 9.28. The number of carbonyl (C=O) groups is 1. The molecule has 0 heterocycles. The Kier molecular flexibility index (Phi) is 5.25. The van der Waals surface area contributed by atoms with E-state index in [1.165, 1.54) is 0 Å². The average molecular weight is 347 g/mol. The molecule has 0 aliphatic heterocycles. The van der Waals surface area contributed by atoms with Gasteiger partial charge in [-0.1, -0.05) is 33.6 Å². The van der Waals surface area contributed by atoms with Gasteiger partial charge in [0.25, 0.3) is 0 Å². The third-order valence-corrected chi connectivity index (χ3v) is 4.40. The standard InChI is InChI=1S/C14H17BrClNO2/c15-13-8-10(16)2-1-9(13)7-14(19)17-11-3-5-12(18)6-4-11/h1-2,8,11-12,18H,3-7H2,(H,17,19). The number of aliphatic hydroxyl groups excluding tert-OH is 1. The maximum absolute atomic E-state index is 12.0. The molecule has 1 aliphatic rings. The molecule has 3 nitrogen and oxygen atoms in total. The van der Waals surface area contributed by atoms with E-state index in [2.05, 4.69) is 21.2 Å². The molecular formula is C14H17BrClNO2. The number of nitrogens with one attached hydrogen (secondary N) is 1. The number of hydrogen-bond donors (Lipinski definition) is 2. The molecule has 0 atom stereocenters. The zero-order valence-corrected chi connectivity index (χ0v) is 12.9. The van der Waals surface area contributed by atoms with Crippen LogP contribution in [0.3, 0.4) is 0 Å². The Bertz CT molecular complexity index is 459. The molecule has 0 radical (unpaired) electrons. The van der Waals surface area contributed by atoms with Crippen LogP contribution in [0.15, 0.2) is 22.7 Å². The highest BCUT2D eigenvalue weighted by Crippen LogP contribution is 2.22. The number of aliphatic hydroxyl groups is 1. The molecule has 1 fully saturated rings. The summed E-state index contributed by atoms with van der Waals surface area (Å²) in [5, 5.41) is 13.1. The normalized spacial score (nSPS) is 23.1. The summed E-state index contributed by atoms with van der Waals surface area (Å²) in [6.45, 7) is 0. The molecule has 0 unspecified atom stereocenters. The molecule has 2 rings (SSSR count). The Morgan fingerprint density at radius 3 is 2.68 bits per heavy atom. The second-order valence-electron chi connectivity index (χ2n) is 4.99. The van der Waals surface area contributed by atoms with Crippen LogP contribution in [0.5, 0.6) is 0 Å². The van der Waals surface area contributed by atoms with Gasteiger partial charge in [-0.25, -0.2) is 0 Å². The summed E-state index contributed by atoms with van der Waals surface area (Å²) < 4.78 is 0.856. The van der Waals surface area contributed by atoms with Crippen LogP contribution >= 0.6 is 27.5 Å². The van der Waals surface area contributed by atoms with Crippen LogP contribution in [-0.2, 0) is 11.2 Å². The number of halogens is 2. The molecule has 0 bridgehead atoms. The van der Waals surface area contributed by atoms with Crippen LogP contribution in [0.4, 0.5) is 0 Å². The summed E-state index contributed by atoms with van der Waals surface area (Å²) in [4.78, 5) is 12.0. The lowest BCUT2D eigenvalue weighted by molar-refractivity contribution is -0.121. The van der Waals surface area contributed by atoms with E-state index in [4.69, 9.17) is 11.6 Å². The summed E-state index contributed by atoms with van der Waals surface area (Å²) in [6, 6.07) is 5.63. The minimum absolute atomic E-state index is 0.0180. The molecule has 5 heteroatoms. The first kappa shape index (κ1) is 14.8. The van der Waals surface area contributed by atoms with Gasteiger partial charge in [0.05, 0.1) is 12.5 Å². The third kappa shape index (κ3) is 4.48. The quantitative estimate of drug-likeness (QED) is 0.884. The first-order chi connectivity index (χ1) is 9.04. The van der Waals surface area contributed by atoms with Crippen molar-refractivity contribution in [3.8, 4) is 0 Å². The van der Waals surface area contributed by atoms with Crippen molar-refractivity contribution < 1.29 is 9.90 Å². The van der Waals surface area contributed by atoms with E-state index in [-0.39, 0.29) is 18.1 Å². The molecule has 1 aliphatic carbocycles. The molecule has 0 aromatic heterocycles. The fraction of sp³-hybridized carbons (Fsp3) is 0.500. The summed E-state index contributed by atoms with van der Waals surface area (Å²) in [6.07, 6.45) is 3.41. The van der Waals surface area contributed by atoms with E-state index in [9.17, 15) is 9.90 Å². The van der Waals surface area contributed by atoms with Gasteiger partial charge in [0.15, 0.2) is 0 Å². The molecule has 104 valence electrons. The predicted octanol–water partition coefficient (Wildman–Crippen LogP) is 3.06. The van der Waals surface area contributed by atoms with Crippen LogP contribution in [0, 0.1) is 0 Å². The van der Waals surface area contributed by atoms with Crippen molar-refractivity contribution in [3.63, 3.8) is 0 Å². The number of rotatable bonds is 3. The van der Waals surface area contributed by atoms with Crippen molar-refractivity contribution in [3.05, 3.63) is 33.3 Å². The number of benzene rings is 1. The largest absolute Gasteiger partial charge is 0.393 e. The minimum atomic E-state index is -0.196. The van der Waals surface area contributed by atoms with Gasteiger partial charge in [-0.3, -0.25) is 4.79 Å². The van der Waals surface area contributed by atoms with E-state index >= 15 is 0 Å². The SMILES string of the molecule is O=C(Cc1ccc(Cl)cc1Br)NC1CCC(O)CC1. The highest BCUT2D eigenvalue weighted by atomic mass is 79.9. The Hall–Kier alpha value is -0.580. The van der Waals surface area contributed by atoms with E-state index in [0.29, 0.717) is 11.4 Å². The highest BCUT2D eigenvalue weighted by Gasteiger charge is 2.20. The average Bonchev–Trinajstić information content (AvgIpc) is 2.36. The predicted molar refractivity (Wildman–Crippen MR) is 79.3 cm³/mol. The zero-order chi connectivity index (χ0) is 13.8. The summed E-state index contributed by atoms with van der Waals surface area (Å²) in [7, 11) is 0. The van der Waals surface area contributed by atoms with Gasteiger partial charge in [0.2, 0.25) is 5.91 Å². The van der Waals surface area contributed by atoms with Crippen LogP contribution < -0.4 is 5.32 Å². The summed E-state index contributed by atoms with van der Waals surface area (Å²) in [5.41, 5.74) is 0.928. The van der Waals surface area contributed by atoms with Crippen LogP contribution in [-0.4, -0.2) is 23.2 Å². The third-order valence-electron chi connectivity index (χ3n) is 3.43. The first-order valence-electron chi connectivity index (χ1n) is 6.46. The van der Waals surface area contributed by atoms with E-state index in [0.717, 1.165) is 35.7 Å². The maximum Gasteiger partial charge on any atom is 0.224 e. The van der Waals surface area contributed by atoms with E-state index < -0.39 is 0 Å². The Balaban J connectivity index is 1.87. The van der Waals surface area contributed by atoms with Crippen molar-refractivity contribution >= 4 is 33.4 Å².